The van der Waals surface area contributed by atoms with Crippen LogP contribution >= 0.6 is 22.9 Å². The van der Waals surface area contributed by atoms with Crippen LogP contribution in [0.3, 0.4) is 0 Å². The van der Waals surface area contributed by atoms with Crippen LogP contribution in [0, 0.1) is 0 Å². The average Bonchev–Trinajstić information content (AvgIpc) is 3.06. The number of piperazine rings is 1. The van der Waals surface area contributed by atoms with Crippen molar-refractivity contribution in [1.29, 1.82) is 0 Å². The number of aliphatic carboxylic acids is 1. The van der Waals surface area contributed by atoms with Crippen molar-refractivity contribution in [3.8, 4) is 0 Å². The Morgan fingerprint density at radius 2 is 1.73 bits per heavy atom. The molecular weight excluding hydrogens is 396 g/mol. The molecule has 0 aliphatic carbocycles. The van der Waals surface area contributed by atoms with Crippen LogP contribution in [0.25, 0.3) is 0 Å². The Morgan fingerprint density at radius 3 is 2.35 bits per heavy atom. The lowest BCUT2D eigenvalue weighted by atomic mass is 10.2. The fraction of sp³-hybridized carbons (Fsp3) is 0.353. The second-order valence-electron chi connectivity index (χ2n) is 6.10. The Bertz CT molecular complexity index is 872. The largest absolute Gasteiger partial charge is 0.481 e. The molecule has 1 aliphatic heterocycles. The summed E-state index contributed by atoms with van der Waals surface area (Å²) < 4.78 is 27.2. The van der Waals surface area contributed by atoms with Gasteiger partial charge in [0.15, 0.2) is 0 Å². The van der Waals surface area contributed by atoms with E-state index < -0.39 is 16.0 Å². The van der Waals surface area contributed by atoms with Gasteiger partial charge in [-0.2, -0.15) is 4.31 Å². The highest BCUT2D eigenvalue weighted by atomic mass is 35.5. The maximum Gasteiger partial charge on any atom is 0.308 e. The summed E-state index contributed by atoms with van der Waals surface area (Å²) in [5.41, 5.74) is 1.14. The molecule has 0 bridgehead atoms. The Kier molecular flexibility index (Phi) is 5.99. The number of carbonyl (C=O) groups is 1. The highest BCUT2D eigenvalue weighted by molar-refractivity contribution is 7.91. The quantitative estimate of drug-likeness (QED) is 0.785. The number of hydrogen-bond donors (Lipinski definition) is 1. The Hall–Kier alpha value is -1.45. The van der Waals surface area contributed by atoms with Crippen LogP contribution in [0.2, 0.25) is 5.02 Å². The van der Waals surface area contributed by atoms with Crippen molar-refractivity contribution in [2.75, 3.05) is 26.2 Å². The van der Waals surface area contributed by atoms with Gasteiger partial charge in [-0.3, -0.25) is 9.69 Å². The lowest BCUT2D eigenvalue weighted by Crippen LogP contribution is -2.48. The first-order chi connectivity index (χ1) is 12.3. The number of halogens is 1. The van der Waals surface area contributed by atoms with Crippen LogP contribution in [0.1, 0.15) is 10.4 Å². The second-order valence-corrected chi connectivity index (χ2v) is 9.87. The summed E-state index contributed by atoms with van der Waals surface area (Å²) in [5, 5.41) is 9.52. The van der Waals surface area contributed by atoms with E-state index in [1.807, 2.05) is 24.3 Å². The molecule has 140 valence electrons. The molecule has 3 rings (SSSR count). The van der Waals surface area contributed by atoms with E-state index >= 15 is 0 Å². The lowest BCUT2D eigenvalue weighted by Gasteiger charge is -2.33. The van der Waals surface area contributed by atoms with Crippen molar-refractivity contribution >= 4 is 38.9 Å². The minimum Gasteiger partial charge on any atom is -0.481 e. The van der Waals surface area contributed by atoms with Gasteiger partial charge in [0.1, 0.15) is 4.21 Å². The van der Waals surface area contributed by atoms with Crippen molar-refractivity contribution < 1.29 is 18.3 Å². The summed E-state index contributed by atoms with van der Waals surface area (Å²) in [7, 11) is -3.56. The van der Waals surface area contributed by atoms with Crippen molar-refractivity contribution in [2.45, 2.75) is 17.2 Å². The van der Waals surface area contributed by atoms with Crippen molar-refractivity contribution in [2.24, 2.45) is 0 Å². The fourth-order valence-electron chi connectivity index (χ4n) is 2.84. The molecule has 6 nitrogen and oxygen atoms in total. The third kappa shape index (κ3) is 4.63. The average molecular weight is 415 g/mol. The summed E-state index contributed by atoms with van der Waals surface area (Å²) in [6.07, 6.45) is -0.158. The Labute approximate surface area is 161 Å². The third-order valence-electron chi connectivity index (χ3n) is 4.21. The SMILES string of the molecule is O=C(O)Cc1ccc(S(=O)(=O)N2CCN(Cc3ccc(Cl)cc3)CC2)s1. The van der Waals surface area contributed by atoms with Gasteiger partial charge in [-0.25, -0.2) is 8.42 Å². The van der Waals surface area contributed by atoms with Crippen molar-refractivity contribution in [1.82, 2.24) is 9.21 Å². The van der Waals surface area contributed by atoms with E-state index in [0.29, 0.717) is 36.1 Å². The molecule has 0 radical (unpaired) electrons. The molecule has 0 amide bonds. The standard InChI is InChI=1S/C17H19ClN2O4S2/c18-14-3-1-13(2-4-14)12-19-7-9-20(10-8-19)26(23,24)17-6-5-15(25-17)11-16(21)22/h1-6H,7-12H2,(H,21,22). The third-order valence-corrected chi connectivity index (χ3v) is 7.91. The minimum absolute atomic E-state index is 0.158. The molecule has 1 aromatic carbocycles. The zero-order valence-electron chi connectivity index (χ0n) is 14.0. The van der Waals surface area contributed by atoms with Crippen LogP contribution in [0.15, 0.2) is 40.6 Å². The van der Waals surface area contributed by atoms with E-state index in [1.165, 1.54) is 10.4 Å². The van der Waals surface area contributed by atoms with Crippen LogP contribution in [-0.2, 0) is 27.8 Å². The van der Waals surface area contributed by atoms with Gasteiger partial charge < -0.3 is 5.11 Å². The van der Waals surface area contributed by atoms with E-state index in [-0.39, 0.29) is 10.6 Å². The highest BCUT2D eigenvalue weighted by Gasteiger charge is 2.29. The Morgan fingerprint density at radius 1 is 1.08 bits per heavy atom. The molecule has 2 heterocycles. The van der Waals surface area contributed by atoms with E-state index in [1.54, 1.807) is 6.07 Å². The molecule has 1 saturated heterocycles. The molecule has 26 heavy (non-hydrogen) atoms. The first-order valence-electron chi connectivity index (χ1n) is 8.12. The molecule has 1 fully saturated rings. The van der Waals surface area contributed by atoms with Gasteiger partial charge in [-0.1, -0.05) is 23.7 Å². The van der Waals surface area contributed by atoms with Gasteiger partial charge >= 0.3 is 5.97 Å². The molecule has 2 aromatic rings. The van der Waals surface area contributed by atoms with Crippen LogP contribution in [0.5, 0.6) is 0 Å². The van der Waals surface area contributed by atoms with E-state index in [4.69, 9.17) is 16.7 Å². The first kappa shape index (κ1) is 19.3. The molecule has 9 heteroatoms. The van der Waals surface area contributed by atoms with Crippen molar-refractivity contribution in [3.63, 3.8) is 0 Å². The molecule has 0 spiro atoms. The summed E-state index contributed by atoms with van der Waals surface area (Å²) in [6, 6.07) is 10.7. The number of hydrogen-bond acceptors (Lipinski definition) is 5. The number of benzene rings is 1. The van der Waals surface area contributed by atoms with Gasteiger partial charge in [0.2, 0.25) is 0 Å². The zero-order valence-corrected chi connectivity index (χ0v) is 16.4. The fourth-order valence-corrected chi connectivity index (χ4v) is 5.89. The molecular formula is C17H19ClN2O4S2. The van der Waals surface area contributed by atoms with E-state index in [2.05, 4.69) is 4.90 Å². The molecule has 1 aliphatic rings. The Balaban J connectivity index is 1.60. The zero-order chi connectivity index (χ0) is 18.7. The smallest absolute Gasteiger partial charge is 0.308 e. The summed E-state index contributed by atoms with van der Waals surface area (Å²) in [5.74, 6) is -0.966. The monoisotopic (exact) mass is 414 g/mol. The molecule has 1 N–H and O–H groups in total. The van der Waals surface area contributed by atoms with Gasteiger partial charge in [-0.15, -0.1) is 11.3 Å². The highest BCUT2D eigenvalue weighted by Crippen LogP contribution is 2.26. The number of carboxylic acid groups (broad SMARTS) is 1. The van der Waals surface area contributed by atoms with Crippen LogP contribution in [-0.4, -0.2) is 54.9 Å². The molecule has 1 aromatic heterocycles. The van der Waals surface area contributed by atoms with Crippen LogP contribution < -0.4 is 0 Å². The number of thiophene rings is 1. The van der Waals surface area contributed by atoms with Crippen LogP contribution in [0.4, 0.5) is 0 Å². The predicted molar refractivity (Wildman–Crippen MR) is 101 cm³/mol. The maximum atomic E-state index is 12.7. The molecule has 0 saturated carbocycles. The minimum atomic E-state index is -3.56. The van der Waals surface area contributed by atoms with Gasteiger partial charge in [0, 0.05) is 42.6 Å². The van der Waals surface area contributed by atoms with Gasteiger partial charge in [0.25, 0.3) is 10.0 Å². The van der Waals surface area contributed by atoms with Crippen molar-refractivity contribution in [3.05, 3.63) is 51.9 Å². The summed E-state index contributed by atoms with van der Waals surface area (Å²) >= 11 is 6.92. The summed E-state index contributed by atoms with van der Waals surface area (Å²) in [4.78, 5) is 13.5. The normalized spacial score (nSPS) is 16.7. The molecule has 0 atom stereocenters. The van der Waals surface area contributed by atoms with E-state index in [0.717, 1.165) is 23.4 Å². The summed E-state index contributed by atoms with van der Waals surface area (Å²) in [6.45, 7) is 2.89. The topological polar surface area (TPSA) is 77.9 Å². The molecule has 0 unspecified atom stereocenters. The first-order valence-corrected chi connectivity index (χ1v) is 10.8. The predicted octanol–water partition coefficient (Wildman–Crippen LogP) is 2.54. The number of nitrogens with zero attached hydrogens (tertiary/aromatic N) is 2. The number of sulfonamides is 1. The number of carboxylic acids is 1. The number of rotatable bonds is 6. The lowest BCUT2D eigenvalue weighted by molar-refractivity contribution is -0.136. The van der Waals surface area contributed by atoms with Gasteiger partial charge in [-0.05, 0) is 29.8 Å². The maximum absolute atomic E-state index is 12.7. The second kappa shape index (κ2) is 8.06. The van der Waals surface area contributed by atoms with Gasteiger partial charge in [0.05, 0.1) is 6.42 Å². The van der Waals surface area contributed by atoms with E-state index in [9.17, 15) is 13.2 Å².